The van der Waals surface area contributed by atoms with Gasteiger partial charge in [0.1, 0.15) is 0 Å². The number of sulfonamides is 1. The summed E-state index contributed by atoms with van der Waals surface area (Å²) in [7, 11) is -3.81. The summed E-state index contributed by atoms with van der Waals surface area (Å²) in [6.07, 6.45) is 0. The highest BCUT2D eigenvalue weighted by atomic mass is 79.9. The molecular formula is C14H11BrClNO3S. The minimum atomic E-state index is -3.81. The molecule has 1 N–H and O–H groups in total. The van der Waals surface area contributed by atoms with Crippen molar-refractivity contribution in [3.63, 3.8) is 0 Å². The molecule has 0 spiro atoms. The third kappa shape index (κ3) is 3.84. The predicted molar refractivity (Wildman–Crippen MR) is 86.4 cm³/mol. The minimum absolute atomic E-state index is 0.00851. The molecule has 0 unspecified atom stereocenters. The average molecular weight is 389 g/mol. The van der Waals surface area contributed by atoms with E-state index >= 15 is 0 Å². The zero-order valence-electron chi connectivity index (χ0n) is 10.9. The first kappa shape index (κ1) is 16.0. The Balaban J connectivity index is 2.38. The van der Waals surface area contributed by atoms with E-state index in [1.54, 1.807) is 24.3 Å². The third-order valence-corrected chi connectivity index (χ3v) is 4.90. The van der Waals surface area contributed by atoms with Gasteiger partial charge in [-0.05, 0) is 37.3 Å². The molecule has 2 rings (SSSR count). The number of benzene rings is 2. The Kier molecular flexibility index (Phi) is 4.70. The molecule has 2 aromatic rings. The van der Waals surface area contributed by atoms with Crippen molar-refractivity contribution < 1.29 is 13.2 Å². The zero-order chi connectivity index (χ0) is 15.6. The van der Waals surface area contributed by atoms with Gasteiger partial charge in [-0.25, -0.2) is 8.42 Å². The maximum atomic E-state index is 12.3. The Morgan fingerprint density at radius 1 is 1.19 bits per heavy atom. The fraction of sp³-hybridized carbons (Fsp3) is 0.0714. The second-order valence-corrected chi connectivity index (χ2v) is 7.32. The van der Waals surface area contributed by atoms with Gasteiger partial charge in [-0.15, -0.1) is 0 Å². The lowest BCUT2D eigenvalue weighted by molar-refractivity contribution is 0.101. The lowest BCUT2D eigenvalue weighted by atomic mass is 10.2. The molecule has 2 aromatic carbocycles. The fourth-order valence-electron chi connectivity index (χ4n) is 1.66. The van der Waals surface area contributed by atoms with Crippen molar-refractivity contribution in [2.45, 2.75) is 11.8 Å². The lowest BCUT2D eigenvalue weighted by Gasteiger charge is -2.10. The molecule has 0 saturated carbocycles. The first-order valence-electron chi connectivity index (χ1n) is 5.88. The number of Topliss-reactive ketones (excluding diaryl/α,β-unsaturated/α-hetero) is 1. The normalized spacial score (nSPS) is 11.2. The summed E-state index contributed by atoms with van der Waals surface area (Å²) in [5.41, 5.74) is 0.605. The fourth-order valence-corrected chi connectivity index (χ4v) is 3.56. The van der Waals surface area contributed by atoms with Crippen LogP contribution in [-0.2, 0) is 10.0 Å². The van der Waals surface area contributed by atoms with Gasteiger partial charge >= 0.3 is 0 Å². The number of carbonyl (C=O) groups is 1. The maximum absolute atomic E-state index is 12.3. The van der Waals surface area contributed by atoms with Crippen molar-refractivity contribution >= 4 is 49.0 Å². The Labute approximate surface area is 136 Å². The summed E-state index contributed by atoms with van der Waals surface area (Å²) in [4.78, 5) is 11.3. The Morgan fingerprint density at radius 3 is 2.52 bits per heavy atom. The van der Waals surface area contributed by atoms with Crippen LogP contribution in [0.2, 0.25) is 5.02 Å². The maximum Gasteiger partial charge on any atom is 0.261 e. The van der Waals surface area contributed by atoms with Crippen molar-refractivity contribution in [3.05, 3.63) is 57.5 Å². The van der Waals surface area contributed by atoms with E-state index in [2.05, 4.69) is 20.7 Å². The number of nitrogens with one attached hydrogen (secondary N) is 1. The second-order valence-electron chi connectivity index (χ2n) is 4.31. The first-order valence-corrected chi connectivity index (χ1v) is 8.54. The van der Waals surface area contributed by atoms with Gasteiger partial charge in [0.15, 0.2) is 5.78 Å². The van der Waals surface area contributed by atoms with E-state index in [-0.39, 0.29) is 21.4 Å². The molecule has 21 heavy (non-hydrogen) atoms. The molecule has 7 heteroatoms. The summed E-state index contributed by atoms with van der Waals surface area (Å²) in [6, 6.07) is 10.7. The highest BCUT2D eigenvalue weighted by molar-refractivity contribution is 9.10. The van der Waals surface area contributed by atoms with Gasteiger partial charge in [0, 0.05) is 10.0 Å². The molecule has 0 amide bonds. The van der Waals surface area contributed by atoms with Crippen LogP contribution < -0.4 is 4.72 Å². The highest BCUT2D eigenvalue weighted by Gasteiger charge is 2.17. The van der Waals surface area contributed by atoms with E-state index in [0.29, 0.717) is 5.56 Å². The molecule has 0 aliphatic carbocycles. The average Bonchev–Trinajstić information content (AvgIpc) is 2.42. The van der Waals surface area contributed by atoms with Crippen LogP contribution in [0, 0.1) is 0 Å². The number of rotatable bonds is 4. The summed E-state index contributed by atoms with van der Waals surface area (Å²) in [5.74, 6) is -0.200. The Hall–Kier alpha value is -1.37. The van der Waals surface area contributed by atoms with Crippen LogP contribution in [0.1, 0.15) is 17.3 Å². The van der Waals surface area contributed by atoms with Crippen LogP contribution in [0.5, 0.6) is 0 Å². The molecule has 0 bridgehead atoms. The SMILES string of the molecule is CC(=O)c1cccc(S(=O)(=O)Nc2ccc(Br)cc2Cl)c1. The second kappa shape index (κ2) is 6.17. The number of anilines is 1. The number of carbonyl (C=O) groups excluding carboxylic acids is 1. The topological polar surface area (TPSA) is 63.2 Å². The highest BCUT2D eigenvalue weighted by Crippen LogP contribution is 2.27. The summed E-state index contributed by atoms with van der Waals surface area (Å²) >= 11 is 9.24. The van der Waals surface area contributed by atoms with Crippen molar-refractivity contribution in [2.24, 2.45) is 0 Å². The van der Waals surface area contributed by atoms with Crippen LogP contribution >= 0.6 is 27.5 Å². The van der Waals surface area contributed by atoms with E-state index in [1.165, 1.54) is 25.1 Å². The standard InChI is InChI=1S/C14H11BrClNO3S/c1-9(18)10-3-2-4-12(7-10)21(19,20)17-14-6-5-11(15)8-13(14)16/h2-8,17H,1H3. The third-order valence-electron chi connectivity index (χ3n) is 2.73. The van der Waals surface area contributed by atoms with E-state index in [4.69, 9.17) is 11.6 Å². The van der Waals surface area contributed by atoms with Crippen LogP contribution in [0.3, 0.4) is 0 Å². The van der Waals surface area contributed by atoms with E-state index in [9.17, 15) is 13.2 Å². The molecular weight excluding hydrogens is 378 g/mol. The predicted octanol–water partition coefficient (Wildman–Crippen LogP) is 4.11. The van der Waals surface area contributed by atoms with Gasteiger partial charge < -0.3 is 0 Å². The van der Waals surface area contributed by atoms with Crippen LogP contribution in [0.25, 0.3) is 0 Å². The molecule has 0 atom stereocenters. The van der Waals surface area contributed by atoms with Gasteiger partial charge in [-0.1, -0.05) is 39.7 Å². The van der Waals surface area contributed by atoms with Gasteiger partial charge in [-0.2, -0.15) is 0 Å². The Morgan fingerprint density at radius 2 is 1.90 bits per heavy atom. The van der Waals surface area contributed by atoms with Crippen LogP contribution in [0.4, 0.5) is 5.69 Å². The van der Waals surface area contributed by atoms with Gasteiger partial charge in [-0.3, -0.25) is 9.52 Å². The summed E-state index contributed by atoms with van der Waals surface area (Å²) in [6.45, 7) is 1.38. The van der Waals surface area contributed by atoms with Crippen LogP contribution in [0.15, 0.2) is 51.8 Å². The number of ketones is 1. The molecule has 110 valence electrons. The molecule has 0 aliphatic heterocycles. The first-order chi connectivity index (χ1) is 9.79. The molecule has 0 aromatic heterocycles. The van der Waals surface area contributed by atoms with E-state index < -0.39 is 10.0 Å². The number of halogens is 2. The lowest BCUT2D eigenvalue weighted by Crippen LogP contribution is -2.13. The van der Waals surface area contributed by atoms with Crippen molar-refractivity contribution in [2.75, 3.05) is 4.72 Å². The molecule has 0 radical (unpaired) electrons. The largest absolute Gasteiger partial charge is 0.295 e. The van der Waals surface area contributed by atoms with E-state index in [0.717, 1.165) is 4.47 Å². The minimum Gasteiger partial charge on any atom is -0.295 e. The Bertz CT molecular complexity index is 806. The number of hydrogen-bond acceptors (Lipinski definition) is 3. The van der Waals surface area contributed by atoms with E-state index in [1.807, 2.05) is 0 Å². The van der Waals surface area contributed by atoms with Crippen LogP contribution in [-0.4, -0.2) is 14.2 Å². The van der Waals surface area contributed by atoms with Crippen molar-refractivity contribution in [1.29, 1.82) is 0 Å². The number of hydrogen-bond donors (Lipinski definition) is 1. The van der Waals surface area contributed by atoms with Gasteiger partial charge in [0.2, 0.25) is 0 Å². The van der Waals surface area contributed by atoms with Gasteiger partial charge in [0.25, 0.3) is 10.0 Å². The quantitative estimate of drug-likeness (QED) is 0.802. The van der Waals surface area contributed by atoms with Crippen molar-refractivity contribution in [3.8, 4) is 0 Å². The van der Waals surface area contributed by atoms with Gasteiger partial charge in [0.05, 0.1) is 15.6 Å². The molecule has 0 heterocycles. The molecule has 0 saturated heterocycles. The summed E-state index contributed by atoms with van der Waals surface area (Å²) in [5, 5.41) is 0.274. The zero-order valence-corrected chi connectivity index (χ0v) is 14.1. The monoisotopic (exact) mass is 387 g/mol. The molecule has 4 nitrogen and oxygen atoms in total. The van der Waals surface area contributed by atoms with Crippen molar-refractivity contribution in [1.82, 2.24) is 0 Å². The molecule has 0 fully saturated rings. The summed E-state index contributed by atoms with van der Waals surface area (Å²) < 4.78 is 27.8. The smallest absolute Gasteiger partial charge is 0.261 e. The molecule has 0 aliphatic rings.